The fourth-order valence-electron chi connectivity index (χ4n) is 1.96. The maximum Gasteiger partial charge on any atom is 0.324 e. The summed E-state index contributed by atoms with van der Waals surface area (Å²) in [6.07, 6.45) is 0. The molecule has 2 nitrogen and oxygen atoms in total. The number of aliphatic carboxylic acids is 1. The second-order valence-corrected chi connectivity index (χ2v) is 6.90. The van der Waals surface area contributed by atoms with Crippen LogP contribution in [0.2, 0.25) is 5.02 Å². The van der Waals surface area contributed by atoms with Crippen LogP contribution in [0.25, 0.3) is 11.1 Å². The van der Waals surface area contributed by atoms with Crippen LogP contribution in [0.15, 0.2) is 48.5 Å². The third-order valence-corrected chi connectivity index (χ3v) is 4.82. The average Bonchev–Trinajstić information content (AvgIpc) is 2.48. The van der Waals surface area contributed by atoms with E-state index in [1.807, 2.05) is 48.5 Å². The Morgan fingerprint density at radius 3 is 2.05 bits per heavy atom. The summed E-state index contributed by atoms with van der Waals surface area (Å²) in [6, 6.07) is 15.0. The Bertz CT molecular complexity index is 653. The zero-order valence-electron chi connectivity index (χ0n) is 11.2. The van der Waals surface area contributed by atoms with Gasteiger partial charge in [0.25, 0.3) is 0 Å². The van der Waals surface area contributed by atoms with Crippen LogP contribution in [0.3, 0.4) is 0 Å². The van der Waals surface area contributed by atoms with E-state index in [9.17, 15) is 9.90 Å². The summed E-state index contributed by atoms with van der Waals surface area (Å²) in [5.41, 5.74) is 2.75. The van der Waals surface area contributed by atoms with Crippen molar-refractivity contribution >= 4 is 46.2 Å². The molecule has 0 saturated carbocycles. The molecular formula is C16H13ClO2S2. The molecule has 0 saturated heterocycles. The lowest BCUT2D eigenvalue weighted by molar-refractivity contribution is -0.139. The summed E-state index contributed by atoms with van der Waals surface area (Å²) in [5, 5.41) is 10.1. The molecule has 0 radical (unpaired) electrons. The van der Waals surface area contributed by atoms with Gasteiger partial charge in [-0.25, -0.2) is 0 Å². The average molecular weight is 337 g/mol. The zero-order valence-corrected chi connectivity index (χ0v) is 13.6. The van der Waals surface area contributed by atoms with E-state index < -0.39 is 10.7 Å². The topological polar surface area (TPSA) is 37.3 Å². The number of carboxylic acids is 1. The molecule has 108 valence electrons. The highest BCUT2D eigenvalue weighted by atomic mass is 35.5. The molecule has 0 aliphatic rings. The molecule has 5 heteroatoms. The van der Waals surface area contributed by atoms with Crippen LogP contribution in [-0.4, -0.2) is 15.8 Å². The fourth-order valence-corrected chi connectivity index (χ4v) is 3.23. The van der Waals surface area contributed by atoms with Crippen molar-refractivity contribution in [3.8, 4) is 11.1 Å². The minimum absolute atomic E-state index is 0.686. The van der Waals surface area contributed by atoms with E-state index in [0.717, 1.165) is 22.9 Å². The Labute approximate surface area is 138 Å². The Balaban J connectivity index is 2.35. The Kier molecular flexibility index (Phi) is 5.04. The minimum Gasteiger partial charge on any atom is -0.480 e. The second kappa shape index (κ2) is 6.60. The maximum atomic E-state index is 11.5. The van der Waals surface area contributed by atoms with E-state index in [1.54, 1.807) is 6.92 Å². The van der Waals surface area contributed by atoms with Crippen LogP contribution >= 0.6 is 35.6 Å². The smallest absolute Gasteiger partial charge is 0.324 e. The SMILES string of the molecule is CC(SC=S)(C(=O)O)c1ccc(-c2ccc(Cl)cc2)cc1. The summed E-state index contributed by atoms with van der Waals surface area (Å²) in [6.45, 7) is 1.65. The Morgan fingerprint density at radius 2 is 1.62 bits per heavy atom. The zero-order chi connectivity index (χ0) is 15.5. The highest BCUT2D eigenvalue weighted by Gasteiger charge is 2.35. The number of hydrogen-bond donors (Lipinski definition) is 1. The molecule has 1 unspecified atom stereocenters. The molecule has 0 heterocycles. The first-order valence-corrected chi connectivity index (χ1v) is 7.91. The molecule has 21 heavy (non-hydrogen) atoms. The van der Waals surface area contributed by atoms with E-state index in [2.05, 4.69) is 0 Å². The predicted molar refractivity (Wildman–Crippen MR) is 93.1 cm³/mol. The first-order chi connectivity index (χ1) is 9.97. The van der Waals surface area contributed by atoms with E-state index >= 15 is 0 Å². The van der Waals surface area contributed by atoms with Gasteiger partial charge in [0.1, 0.15) is 4.75 Å². The van der Waals surface area contributed by atoms with Gasteiger partial charge in [-0.3, -0.25) is 4.79 Å². The van der Waals surface area contributed by atoms with Crippen LogP contribution in [0.4, 0.5) is 0 Å². The molecule has 0 aromatic heterocycles. The fraction of sp³-hybridized carbons (Fsp3) is 0.125. The van der Waals surface area contributed by atoms with Gasteiger partial charge in [-0.2, -0.15) is 0 Å². The summed E-state index contributed by atoms with van der Waals surface area (Å²) in [4.78, 5) is 11.5. The van der Waals surface area contributed by atoms with E-state index in [1.165, 1.54) is 4.70 Å². The molecule has 2 aromatic carbocycles. The van der Waals surface area contributed by atoms with E-state index in [0.29, 0.717) is 10.6 Å². The first kappa shape index (κ1) is 16.0. The summed E-state index contributed by atoms with van der Waals surface area (Å²) in [7, 11) is 0. The molecule has 0 fully saturated rings. The second-order valence-electron chi connectivity index (χ2n) is 4.64. The molecule has 1 atom stereocenters. The number of benzene rings is 2. The van der Waals surface area contributed by atoms with Gasteiger partial charge in [-0.1, -0.05) is 72.0 Å². The number of hydrogen-bond acceptors (Lipinski definition) is 3. The van der Waals surface area contributed by atoms with Gasteiger partial charge in [0, 0.05) is 9.72 Å². The third kappa shape index (κ3) is 3.46. The number of halogens is 1. The first-order valence-electron chi connectivity index (χ1n) is 6.18. The van der Waals surface area contributed by atoms with Gasteiger partial charge in [0.2, 0.25) is 0 Å². The molecule has 2 aromatic rings. The Hall–Kier alpha value is -1.36. The van der Waals surface area contributed by atoms with Crippen LogP contribution in [0, 0.1) is 0 Å². The number of thiocarbonyl (C=S) groups is 1. The van der Waals surface area contributed by atoms with Crippen molar-refractivity contribution < 1.29 is 9.90 Å². The number of carboxylic acid groups (broad SMARTS) is 1. The van der Waals surface area contributed by atoms with Crippen LogP contribution in [0.5, 0.6) is 0 Å². The Morgan fingerprint density at radius 1 is 1.14 bits per heavy atom. The van der Waals surface area contributed by atoms with Crippen molar-refractivity contribution in [3.05, 3.63) is 59.1 Å². The molecule has 0 aliphatic carbocycles. The van der Waals surface area contributed by atoms with Crippen molar-refractivity contribution in [2.24, 2.45) is 0 Å². The number of carbonyl (C=O) groups is 1. The largest absolute Gasteiger partial charge is 0.480 e. The van der Waals surface area contributed by atoms with Crippen molar-refractivity contribution in [2.45, 2.75) is 11.7 Å². The lowest BCUT2D eigenvalue weighted by Crippen LogP contribution is -2.28. The summed E-state index contributed by atoms with van der Waals surface area (Å²) in [5.74, 6) is -0.909. The van der Waals surface area contributed by atoms with Crippen molar-refractivity contribution in [3.63, 3.8) is 0 Å². The van der Waals surface area contributed by atoms with Gasteiger partial charge < -0.3 is 5.11 Å². The lowest BCUT2D eigenvalue weighted by Gasteiger charge is -2.22. The van der Waals surface area contributed by atoms with Crippen molar-refractivity contribution in [1.82, 2.24) is 0 Å². The van der Waals surface area contributed by atoms with Gasteiger partial charge >= 0.3 is 5.97 Å². The third-order valence-electron chi connectivity index (χ3n) is 3.31. The van der Waals surface area contributed by atoms with Crippen molar-refractivity contribution in [1.29, 1.82) is 0 Å². The van der Waals surface area contributed by atoms with Crippen molar-refractivity contribution in [2.75, 3.05) is 0 Å². The molecule has 1 N–H and O–H groups in total. The van der Waals surface area contributed by atoms with Crippen LogP contribution in [-0.2, 0) is 9.54 Å². The van der Waals surface area contributed by atoms with E-state index in [-0.39, 0.29) is 0 Å². The minimum atomic E-state index is -1.07. The molecule has 2 rings (SSSR count). The van der Waals surface area contributed by atoms with Gasteiger partial charge in [-0.15, -0.1) is 0 Å². The van der Waals surface area contributed by atoms with E-state index in [4.69, 9.17) is 23.8 Å². The molecule has 0 aliphatic heterocycles. The number of thioether (sulfide) groups is 1. The predicted octanol–water partition coefficient (Wildman–Crippen LogP) is 5.00. The van der Waals surface area contributed by atoms with Gasteiger partial charge in [-0.05, 0) is 35.7 Å². The monoisotopic (exact) mass is 336 g/mol. The summed E-state index contributed by atoms with van der Waals surface area (Å²) < 4.78 is 0.321. The highest BCUT2D eigenvalue weighted by Crippen LogP contribution is 2.36. The highest BCUT2D eigenvalue weighted by molar-refractivity contribution is 8.21. The molecule has 0 amide bonds. The van der Waals surface area contributed by atoms with Crippen LogP contribution in [0.1, 0.15) is 12.5 Å². The number of rotatable bonds is 5. The molecular weight excluding hydrogens is 324 g/mol. The standard InChI is InChI=1S/C16H13ClO2S2/c1-16(15(18)19,21-10-20)13-6-2-11(3-7-13)12-4-8-14(17)9-5-12/h2-10H,1H3,(H,18,19). The van der Waals surface area contributed by atoms with Gasteiger partial charge in [0.15, 0.2) is 0 Å². The summed E-state index contributed by atoms with van der Waals surface area (Å²) >= 11 is 11.8. The van der Waals surface area contributed by atoms with Gasteiger partial charge in [0.05, 0.1) is 0 Å². The molecule has 0 spiro atoms. The normalized spacial score (nSPS) is 13.4. The molecule has 0 bridgehead atoms. The quantitative estimate of drug-likeness (QED) is 0.780. The maximum absolute atomic E-state index is 11.5. The lowest BCUT2D eigenvalue weighted by atomic mass is 9.97. The van der Waals surface area contributed by atoms with Crippen LogP contribution < -0.4 is 0 Å².